The smallest absolute Gasteiger partial charge is 0.312 e. The summed E-state index contributed by atoms with van der Waals surface area (Å²) in [6.07, 6.45) is 3.34. The van der Waals surface area contributed by atoms with Crippen LogP contribution in [-0.4, -0.2) is 72.9 Å². The van der Waals surface area contributed by atoms with Crippen molar-refractivity contribution in [2.24, 2.45) is 5.41 Å². The molecule has 0 N–H and O–H groups in total. The van der Waals surface area contributed by atoms with Crippen LogP contribution in [0, 0.1) is 5.41 Å². The molecule has 3 aliphatic rings. The van der Waals surface area contributed by atoms with E-state index in [4.69, 9.17) is 0 Å². The average molecular weight is 315 g/mol. The van der Waals surface area contributed by atoms with Crippen LogP contribution >= 0.6 is 0 Å². The fraction of sp³-hybridized carbons (Fsp3) is 0.846. The molecular weight excluding hydrogens is 294 g/mol. The van der Waals surface area contributed by atoms with Gasteiger partial charge in [0.2, 0.25) is 10.0 Å². The van der Waals surface area contributed by atoms with Gasteiger partial charge < -0.3 is 4.90 Å². The van der Waals surface area contributed by atoms with Gasteiger partial charge in [-0.25, -0.2) is 17.5 Å². The molecule has 3 fully saturated rings. The van der Waals surface area contributed by atoms with Gasteiger partial charge in [0, 0.05) is 26.2 Å². The largest absolute Gasteiger partial charge is 0.327 e. The van der Waals surface area contributed by atoms with Crippen molar-refractivity contribution in [3.63, 3.8) is 0 Å². The van der Waals surface area contributed by atoms with E-state index in [9.17, 15) is 18.0 Å². The number of piperidine rings is 1. The average Bonchev–Trinajstić information content (AvgIpc) is 2.87. The monoisotopic (exact) mass is 315 g/mol. The fourth-order valence-electron chi connectivity index (χ4n) is 3.85. The molecule has 3 rings (SSSR count). The van der Waals surface area contributed by atoms with E-state index in [0.717, 1.165) is 12.8 Å². The van der Waals surface area contributed by atoms with Gasteiger partial charge in [-0.2, -0.15) is 0 Å². The summed E-state index contributed by atoms with van der Waals surface area (Å²) in [5, 5.41) is 0. The van der Waals surface area contributed by atoms with Crippen LogP contribution in [0.3, 0.4) is 0 Å². The molecular formula is C13H21N3O4S. The minimum atomic E-state index is -3.15. The standard InChI is InChI=1S/C13H21N3O4S/c1-3-15-11(17)10-8-13(9-16(10)12(15)18)4-6-14(7-5-13)21(2,19)20/h10H,3-9H2,1-2H3. The third kappa shape index (κ3) is 2.24. The van der Waals surface area contributed by atoms with Gasteiger partial charge in [-0.3, -0.25) is 9.69 Å². The summed E-state index contributed by atoms with van der Waals surface area (Å²) in [6, 6.07) is -0.517. The summed E-state index contributed by atoms with van der Waals surface area (Å²) >= 11 is 0. The molecule has 3 aliphatic heterocycles. The Morgan fingerprint density at radius 1 is 1.24 bits per heavy atom. The van der Waals surface area contributed by atoms with E-state index < -0.39 is 10.0 Å². The molecule has 21 heavy (non-hydrogen) atoms. The molecule has 0 aromatic rings. The second-order valence-electron chi connectivity index (χ2n) is 6.37. The molecule has 0 bridgehead atoms. The predicted molar refractivity (Wildman–Crippen MR) is 76.0 cm³/mol. The second kappa shape index (κ2) is 4.67. The van der Waals surface area contributed by atoms with Crippen LogP contribution in [0.15, 0.2) is 0 Å². The van der Waals surface area contributed by atoms with Gasteiger partial charge in [0.05, 0.1) is 6.26 Å². The van der Waals surface area contributed by atoms with Crippen molar-refractivity contribution >= 4 is 22.0 Å². The van der Waals surface area contributed by atoms with Crippen molar-refractivity contribution in [2.45, 2.75) is 32.2 Å². The highest BCUT2D eigenvalue weighted by Gasteiger charge is 2.56. The van der Waals surface area contributed by atoms with E-state index in [1.54, 1.807) is 11.8 Å². The van der Waals surface area contributed by atoms with Gasteiger partial charge in [0.25, 0.3) is 5.91 Å². The number of likely N-dealkylation sites (N-methyl/N-ethyl adjacent to an activating group) is 1. The summed E-state index contributed by atoms with van der Waals surface area (Å²) in [6.45, 7) is 3.77. The molecule has 0 aromatic heterocycles. The van der Waals surface area contributed by atoms with Crippen molar-refractivity contribution < 1.29 is 18.0 Å². The first-order valence-electron chi connectivity index (χ1n) is 7.34. The lowest BCUT2D eigenvalue weighted by molar-refractivity contribution is -0.128. The van der Waals surface area contributed by atoms with Crippen LogP contribution in [0.4, 0.5) is 4.79 Å². The number of amides is 3. The van der Waals surface area contributed by atoms with E-state index in [1.807, 2.05) is 0 Å². The molecule has 7 nitrogen and oxygen atoms in total. The maximum atomic E-state index is 12.2. The highest BCUT2D eigenvalue weighted by Crippen LogP contribution is 2.46. The minimum absolute atomic E-state index is 0.0863. The fourth-order valence-corrected chi connectivity index (χ4v) is 4.70. The number of nitrogens with zero attached hydrogens (tertiary/aromatic N) is 3. The molecule has 0 radical (unpaired) electrons. The molecule has 0 saturated carbocycles. The Labute approximate surface area is 124 Å². The number of sulfonamides is 1. The van der Waals surface area contributed by atoms with Gasteiger partial charge in [-0.15, -0.1) is 0 Å². The van der Waals surface area contributed by atoms with Crippen LogP contribution in [0.2, 0.25) is 0 Å². The Hall–Kier alpha value is -1.15. The third-order valence-electron chi connectivity index (χ3n) is 5.10. The number of carbonyl (C=O) groups is 2. The number of imide groups is 1. The van der Waals surface area contributed by atoms with Crippen LogP contribution in [-0.2, 0) is 14.8 Å². The van der Waals surface area contributed by atoms with Gasteiger partial charge in [0.15, 0.2) is 0 Å². The SMILES string of the molecule is CCN1C(=O)C2CC3(CCN(S(C)(=O)=O)CC3)CN2C1=O. The molecule has 1 atom stereocenters. The normalized spacial score (nSPS) is 29.5. The van der Waals surface area contributed by atoms with E-state index in [1.165, 1.54) is 15.5 Å². The van der Waals surface area contributed by atoms with Crippen molar-refractivity contribution in [2.75, 3.05) is 32.4 Å². The Bertz CT molecular complexity index is 554. The Morgan fingerprint density at radius 3 is 2.33 bits per heavy atom. The summed E-state index contributed by atoms with van der Waals surface area (Å²) in [5.41, 5.74) is -0.0863. The number of rotatable bonds is 2. The summed E-state index contributed by atoms with van der Waals surface area (Å²) in [5.74, 6) is -0.0927. The van der Waals surface area contributed by atoms with Gasteiger partial charge >= 0.3 is 6.03 Å². The first kappa shape index (κ1) is 14.8. The molecule has 3 saturated heterocycles. The molecule has 3 amide bonds. The Balaban J connectivity index is 1.73. The van der Waals surface area contributed by atoms with Crippen molar-refractivity contribution in [1.29, 1.82) is 0 Å². The van der Waals surface area contributed by atoms with Crippen LogP contribution in [0.1, 0.15) is 26.2 Å². The topological polar surface area (TPSA) is 78.0 Å². The number of fused-ring (bicyclic) bond motifs is 1. The molecule has 118 valence electrons. The van der Waals surface area contributed by atoms with Crippen molar-refractivity contribution in [3.05, 3.63) is 0 Å². The minimum Gasteiger partial charge on any atom is -0.312 e. The van der Waals surface area contributed by atoms with Crippen LogP contribution in [0.25, 0.3) is 0 Å². The maximum absolute atomic E-state index is 12.2. The van der Waals surface area contributed by atoms with E-state index in [-0.39, 0.29) is 23.4 Å². The summed E-state index contributed by atoms with van der Waals surface area (Å²) in [7, 11) is -3.15. The molecule has 8 heteroatoms. The van der Waals surface area contributed by atoms with Crippen LogP contribution < -0.4 is 0 Å². The summed E-state index contributed by atoms with van der Waals surface area (Å²) in [4.78, 5) is 27.4. The van der Waals surface area contributed by atoms with E-state index in [0.29, 0.717) is 32.6 Å². The zero-order valence-electron chi connectivity index (χ0n) is 12.4. The number of carbonyl (C=O) groups excluding carboxylic acids is 2. The van der Waals surface area contributed by atoms with Gasteiger partial charge in [-0.1, -0.05) is 0 Å². The number of hydrogen-bond donors (Lipinski definition) is 0. The lowest BCUT2D eigenvalue weighted by atomic mass is 9.77. The molecule has 1 unspecified atom stereocenters. The van der Waals surface area contributed by atoms with Crippen molar-refractivity contribution in [1.82, 2.24) is 14.1 Å². The highest BCUT2D eigenvalue weighted by molar-refractivity contribution is 7.88. The first-order valence-corrected chi connectivity index (χ1v) is 9.19. The zero-order chi connectivity index (χ0) is 15.4. The predicted octanol–water partition coefficient (Wildman–Crippen LogP) is 0.0846. The Kier molecular flexibility index (Phi) is 3.29. The highest BCUT2D eigenvalue weighted by atomic mass is 32.2. The van der Waals surface area contributed by atoms with Gasteiger partial charge in [-0.05, 0) is 31.6 Å². The zero-order valence-corrected chi connectivity index (χ0v) is 13.2. The first-order chi connectivity index (χ1) is 9.77. The maximum Gasteiger partial charge on any atom is 0.327 e. The summed E-state index contributed by atoms with van der Waals surface area (Å²) < 4.78 is 24.6. The Morgan fingerprint density at radius 2 is 1.86 bits per heavy atom. The molecule has 3 heterocycles. The lowest BCUT2D eigenvalue weighted by Crippen LogP contribution is -2.45. The molecule has 1 spiro atoms. The second-order valence-corrected chi connectivity index (χ2v) is 8.36. The lowest BCUT2D eigenvalue weighted by Gasteiger charge is -2.38. The molecule has 0 aliphatic carbocycles. The van der Waals surface area contributed by atoms with Crippen molar-refractivity contribution in [3.8, 4) is 0 Å². The number of hydrogen-bond acceptors (Lipinski definition) is 4. The number of urea groups is 1. The quantitative estimate of drug-likeness (QED) is 0.676. The molecule has 0 aromatic carbocycles. The third-order valence-corrected chi connectivity index (χ3v) is 6.41. The van der Waals surface area contributed by atoms with Crippen LogP contribution in [0.5, 0.6) is 0 Å². The van der Waals surface area contributed by atoms with E-state index in [2.05, 4.69) is 0 Å². The van der Waals surface area contributed by atoms with E-state index >= 15 is 0 Å². The van der Waals surface area contributed by atoms with Gasteiger partial charge in [0.1, 0.15) is 6.04 Å².